The van der Waals surface area contributed by atoms with E-state index in [-0.39, 0.29) is 5.91 Å². The minimum absolute atomic E-state index is 0.183. The van der Waals surface area contributed by atoms with E-state index in [0.717, 1.165) is 0 Å². The molecule has 5 heteroatoms. The molecular formula is C15H16N2O3. The average molecular weight is 272 g/mol. The largest absolute Gasteiger partial charge is 0.436 e. The van der Waals surface area contributed by atoms with Gasteiger partial charge in [0, 0.05) is 18.7 Å². The van der Waals surface area contributed by atoms with E-state index >= 15 is 0 Å². The smallest absolute Gasteiger partial charge is 0.225 e. The summed E-state index contributed by atoms with van der Waals surface area (Å²) in [6.45, 7) is 3.07. The third-order valence-corrected chi connectivity index (χ3v) is 2.66. The molecule has 0 bridgehead atoms. The fourth-order valence-corrected chi connectivity index (χ4v) is 1.76. The maximum absolute atomic E-state index is 11.2. The van der Waals surface area contributed by atoms with Crippen molar-refractivity contribution in [3.63, 3.8) is 0 Å². The number of hydrogen-bond donors (Lipinski definition) is 2. The fourth-order valence-electron chi connectivity index (χ4n) is 1.76. The number of pyridine rings is 1. The van der Waals surface area contributed by atoms with Crippen LogP contribution in [0.5, 0.6) is 11.6 Å². The predicted molar refractivity (Wildman–Crippen MR) is 75.7 cm³/mol. The number of amides is 1. The number of anilines is 1. The van der Waals surface area contributed by atoms with Gasteiger partial charge in [-0.25, -0.2) is 4.98 Å². The molecule has 2 rings (SSSR count). The first-order valence-electron chi connectivity index (χ1n) is 6.25. The summed E-state index contributed by atoms with van der Waals surface area (Å²) < 4.78 is 5.72. The van der Waals surface area contributed by atoms with E-state index in [4.69, 9.17) is 4.74 Å². The Hall–Kier alpha value is -2.40. The number of aliphatic hydroxyl groups excluding tert-OH is 1. The number of nitrogens with zero attached hydrogens (tertiary/aromatic N) is 1. The zero-order chi connectivity index (χ0) is 14.5. The number of benzene rings is 1. The van der Waals surface area contributed by atoms with Crippen molar-refractivity contribution in [2.75, 3.05) is 5.32 Å². The maximum atomic E-state index is 11.2. The van der Waals surface area contributed by atoms with Crippen LogP contribution in [0.1, 0.15) is 25.5 Å². The molecule has 0 aliphatic rings. The molecule has 0 unspecified atom stereocenters. The van der Waals surface area contributed by atoms with Crippen molar-refractivity contribution in [2.45, 2.75) is 20.0 Å². The number of para-hydroxylation sites is 2. The average Bonchev–Trinajstić information content (AvgIpc) is 2.41. The van der Waals surface area contributed by atoms with Crippen molar-refractivity contribution < 1.29 is 14.6 Å². The lowest BCUT2D eigenvalue weighted by Crippen LogP contribution is -2.07. The SMILES string of the molecule is CC(=O)Nc1ccccc1Oc1ncccc1[C@@H](C)O. The van der Waals surface area contributed by atoms with E-state index in [1.165, 1.54) is 6.92 Å². The molecule has 0 spiro atoms. The molecule has 20 heavy (non-hydrogen) atoms. The highest BCUT2D eigenvalue weighted by molar-refractivity contribution is 5.90. The third-order valence-electron chi connectivity index (χ3n) is 2.66. The van der Waals surface area contributed by atoms with Crippen LogP contribution in [0.15, 0.2) is 42.6 Å². The monoisotopic (exact) mass is 272 g/mol. The quantitative estimate of drug-likeness (QED) is 0.897. The number of carbonyl (C=O) groups is 1. The van der Waals surface area contributed by atoms with Gasteiger partial charge in [-0.05, 0) is 31.2 Å². The van der Waals surface area contributed by atoms with E-state index in [2.05, 4.69) is 10.3 Å². The highest BCUT2D eigenvalue weighted by Crippen LogP contribution is 2.31. The summed E-state index contributed by atoms with van der Waals surface area (Å²) in [7, 11) is 0. The Balaban J connectivity index is 2.33. The van der Waals surface area contributed by atoms with Gasteiger partial charge in [0.2, 0.25) is 11.8 Å². The molecule has 0 saturated heterocycles. The first-order valence-corrected chi connectivity index (χ1v) is 6.25. The van der Waals surface area contributed by atoms with Crippen LogP contribution in [-0.2, 0) is 4.79 Å². The van der Waals surface area contributed by atoms with Gasteiger partial charge in [-0.3, -0.25) is 4.79 Å². The lowest BCUT2D eigenvalue weighted by Gasteiger charge is -2.14. The van der Waals surface area contributed by atoms with Crippen molar-refractivity contribution in [1.82, 2.24) is 4.98 Å². The van der Waals surface area contributed by atoms with E-state index in [9.17, 15) is 9.90 Å². The van der Waals surface area contributed by atoms with Crippen molar-refractivity contribution in [1.29, 1.82) is 0 Å². The number of hydrogen-bond acceptors (Lipinski definition) is 4. The van der Waals surface area contributed by atoms with Crippen LogP contribution in [0.4, 0.5) is 5.69 Å². The molecule has 1 amide bonds. The summed E-state index contributed by atoms with van der Waals surface area (Å²) in [5, 5.41) is 12.4. The molecule has 1 aromatic carbocycles. The number of nitrogens with one attached hydrogen (secondary N) is 1. The van der Waals surface area contributed by atoms with Gasteiger partial charge >= 0.3 is 0 Å². The number of rotatable bonds is 4. The van der Waals surface area contributed by atoms with Gasteiger partial charge in [0.1, 0.15) is 0 Å². The highest BCUT2D eigenvalue weighted by Gasteiger charge is 2.13. The second-order valence-electron chi connectivity index (χ2n) is 4.35. The van der Waals surface area contributed by atoms with Crippen LogP contribution in [0.2, 0.25) is 0 Å². The van der Waals surface area contributed by atoms with Gasteiger partial charge in [0.15, 0.2) is 5.75 Å². The van der Waals surface area contributed by atoms with Gasteiger partial charge in [-0.1, -0.05) is 12.1 Å². The molecule has 0 fully saturated rings. The van der Waals surface area contributed by atoms with Crippen LogP contribution in [0, 0.1) is 0 Å². The van der Waals surface area contributed by atoms with E-state index in [1.807, 2.05) is 0 Å². The minimum atomic E-state index is -0.688. The van der Waals surface area contributed by atoms with Crippen molar-refractivity contribution in [3.05, 3.63) is 48.2 Å². The summed E-state index contributed by atoms with van der Waals surface area (Å²) in [5.74, 6) is 0.612. The molecule has 1 aromatic heterocycles. The molecule has 0 aliphatic heterocycles. The lowest BCUT2D eigenvalue weighted by atomic mass is 10.2. The molecule has 2 aromatic rings. The molecular weight excluding hydrogens is 256 g/mol. The Kier molecular flexibility index (Phi) is 4.32. The zero-order valence-electron chi connectivity index (χ0n) is 11.3. The van der Waals surface area contributed by atoms with Gasteiger partial charge in [-0.2, -0.15) is 0 Å². The van der Waals surface area contributed by atoms with E-state index < -0.39 is 6.10 Å². The summed E-state index contributed by atoms with van der Waals surface area (Å²) in [6, 6.07) is 10.5. The highest BCUT2D eigenvalue weighted by atomic mass is 16.5. The Labute approximate surface area is 117 Å². The van der Waals surface area contributed by atoms with Crippen molar-refractivity contribution >= 4 is 11.6 Å². The second-order valence-corrected chi connectivity index (χ2v) is 4.35. The third kappa shape index (κ3) is 3.33. The molecule has 5 nitrogen and oxygen atoms in total. The standard InChI is InChI=1S/C15H16N2O3/c1-10(18)12-6-5-9-16-15(12)20-14-8-4-3-7-13(14)17-11(2)19/h3-10,18H,1-2H3,(H,17,19)/t10-/m1/s1. The zero-order valence-corrected chi connectivity index (χ0v) is 11.3. The molecule has 1 atom stereocenters. The van der Waals surface area contributed by atoms with E-state index in [1.54, 1.807) is 49.5 Å². The molecule has 0 radical (unpaired) electrons. The Bertz CT molecular complexity index is 612. The first kappa shape index (κ1) is 14.0. The Morgan fingerprint density at radius 2 is 2.05 bits per heavy atom. The Morgan fingerprint density at radius 3 is 2.75 bits per heavy atom. The number of aliphatic hydroxyl groups is 1. The molecule has 2 N–H and O–H groups in total. The second kappa shape index (κ2) is 6.16. The number of carbonyl (C=O) groups excluding carboxylic acids is 1. The molecule has 0 saturated carbocycles. The summed E-state index contributed by atoms with van der Waals surface area (Å²) in [6.07, 6.45) is 0.897. The van der Waals surface area contributed by atoms with Gasteiger partial charge in [0.05, 0.1) is 11.8 Å². The summed E-state index contributed by atoms with van der Waals surface area (Å²) in [5.41, 5.74) is 1.15. The molecule has 1 heterocycles. The van der Waals surface area contributed by atoms with Gasteiger partial charge in [0.25, 0.3) is 0 Å². The summed E-state index contributed by atoms with van der Waals surface area (Å²) in [4.78, 5) is 15.3. The fraction of sp³-hybridized carbons (Fsp3) is 0.200. The van der Waals surface area contributed by atoms with Crippen LogP contribution in [-0.4, -0.2) is 16.0 Å². The van der Waals surface area contributed by atoms with Crippen molar-refractivity contribution in [2.24, 2.45) is 0 Å². The van der Waals surface area contributed by atoms with Gasteiger partial charge in [-0.15, -0.1) is 0 Å². The van der Waals surface area contributed by atoms with Crippen molar-refractivity contribution in [3.8, 4) is 11.6 Å². The Morgan fingerprint density at radius 1 is 1.30 bits per heavy atom. The maximum Gasteiger partial charge on any atom is 0.225 e. The van der Waals surface area contributed by atoms with Crippen LogP contribution in [0.3, 0.4) is 0 Å². The molecule has 0 aliphatic carbocycles. The minimum Gasteiger partial charge on any atom is -0.436 e. The van der Waals surface area contributed by atoms with Gasteiger partial charge < -0.3 is 15.2 Å². The first-order chi connectivity index (χ1) is 9.58. The lowest BCUT2D eigenvalue weighted by molar-refractivity contribution is -0.114. The van der Waals surface area contributed by atoms with Crippen LogP contribution >= 0.6 is 0 Å². The number of aromatic nitrogens is 1. The van der Waals surface area contributed by atoms with Crippen LogP contribution < -0.4 is 10.1 Å². The molecule has 104 valence electrons. The normalized spacial score (nSPS) is 11.8. The number of ether oxygens (including phenoxy) is 1. The topological polar surface area (TPSA) is 71.5 Å². The summed E-state index contributed by atoms with van der Waals surface area (Å²) >= 11 is 0. The van der Waals surface area contributed by atoms with E-state index in [0.29, 0.717) is 22.9 Å². The van der Waals surface area contributed by atoms with Crippen LogP contribution in [0.25, 0.3) is 0 Å². The predicted octanol–water partition coefficient (Wildman–Crippen LogP) is 2.89.